The van der Waals surface area contributed by atoms with Crippen LogP contribution in [0.3, 0.4) is 0 Å². The number of carboxylic acid groups (broad SMARTS) is 3. The molecule has 0 aliphatic rings. The molecule has 0 aromatic heterocycles. The molecule has 10 N–H and O–H groups in total. The summed E-state index contributed by atoms with van der Waals surface area (Å²) < 4.78 is 0. The van der Waals surface area contributed by atoms with Crippen molar-refractivity contribution in [3.05, 3.63) is 0 Å². The zero-order valence-electron chi connectivity index (χ0n) is 19.3. The molecule has 0 radical (unpaired) electrons. The van der Waals surface area contributed by atoms with Crippen LogP contribution in [0.4, 0.5) is 0 Å². The van der Waals surface area contributed by atoms with Gasteiger partial charge in [-0.15, -0.1) is 0 Å². The predicted octanol–water partition coefficient (Wildman–Crippen LogP) is -2.02. The fraction of sp³-hybridized carbons (Fsp3) is 0.700. The van der Waals surface area contributed by atoms with Gasteiger partial charge in [-0.3, -0.25) is 24.0 Å². The van der Waals surface area contributed by atoms with Crippen LogP contribution < -0.4 is 27.4 Å². The molecule has 194 valence electrons. The molecule has 0 rings (SSSR count). The van der Waals surface area contributed by atoms with Crippen LogP contribution in [-0.2, 0) is 28.8 Å². The van der Waals surface area contributed by atoms with E-state index in [4.69, 9.17) is 21.7 Å². The molecule has 0 aliphatic heterocycles. The first-order valence-corrected chi connectivity index (χ1v) is 10.8. The van der Waals surface area contributed by atoms with Gasteiger partial charge in [0.2, 0.25) is 17.7 Å². The van der Waals surface area contributed by atoms with Crippen molar-refractivity contribution in [1.29, 1.82) is 0 Å². The maximum Gasteiger partial charge on any atom is 0.326 e. The van der Waals surface area contributed by atoms with Crippen LogP contribution in [-0.4, -0.2) is 81.7 Å². The fourth-order valence-corrected chi connectivity index (χ4v) is 2.87. The molecular weight excluding hydrogens is 454 g/mol. The molecule has 0 aromatic rings. The fourth-order valence-electron chi connectivity index (χ4n) is 2.87. The second-order valence-electron chi connectivity index (χ2n) is 8.11. The number of nitrogens with one attached hydrogen (secondary N) is 3. The molecule has 0 saturated heterocycles. The van der Waals surface area contributed by atoms with Crippen molar-refractivity contribution < 1.29 is 44.1 Å². The number of rotatable bonds is 17. The zero-order chi connectivity index (χ0) is 26.4. The van der Waals surface area contributed by atoms with E-state index in [1.165, 1.54) is 0 Å². The normalized spacial score (nSPS) is 14.4. The predicted molar refractivity (Wildman–Crippen MR) is 118 cm³/mol. The summed E-state index contributed by atoms with van der Waals surface area (Å²) in [5, 5.41) is 34.0. The molecule has 14 nitrogen and oxygen atoms in total. The third kappa shape index (κ3) is 12.1. The molecule has 3 amide bonds. The lowest BCUT2D eigenvalue weighted by molar-refractivity contribution is -0.144. The monoisotopic (exact) mass is 489 g/mol. The van der Waals surface area contributed by atoms with Crippen molar-refractivity contribution >= 4 is 35.6 Å². The number of aliphatic carboxylic acids is 3. The van der Waals surface area contributed by atoms with Crippen molar-refractivity contribution in [2.45, 2.75) is 76.5 Å². The molecule has 0 aliphatic carbocycles. The summed E-state index contributed by atoms with van der Waals surface area (Å²) in [5.41, 5.74) is 11.0. The smallest absolute Gasteiger partial charge is 0.326 e. The Balaban J connectivity index is 5.37. The number of carboxylic acids is 3. The second-order valence-corrected chi connectivity index (χ2v) is 8.11. The summed E-state index contributed by atoms with van der Waals surface area (Å²) in [5.74, 6) is -7.09. The van der Waals surface area contributed by atoms with Crippen molar-refractivity contribution in [3.63, 3.8) is 0 Å². The summed E-state index contributed by atoms with van der Waals surface area (Å²) in [4.78, 5) is 70.9. The van der Waals surface area contributed by atoms with Gasteiger partial charge >= 0.3 is 17.9 Å². The molecule has 0 bridgehead atoms. The van der Waals surface area contributed by atoms with Gasteiger partial charge in [0.25, 0.3) is 0 Å². The third-order valence-corrected chi connectivity index (χ3v) is 4.83. The lowest BCUT2D eigenvalue weighted by atomic mass is 10.0. The number of amides is 3. The summed E-state index contributed by atoms with van der Waals surface area (Å²) in [6.45, 7) is 3.50. The lowest BCUT2D eigenvalue weighted by Gasteiger charge is -2.26. The molecule has 0 saturated carbocycles. The average Bonchev–Trinajstić information content (AvgIpc) is 2.73. The highest BCUT2D eigenvalue weighted by atomic mass is 16.4. The van der Waals surface area contributed by atoms with E-state index in [9.17, 15) is 33.9 Å². The van der Waals surface area contributed by atoms with E-state index in [1.807, 2.05) is 0 Å². The van der Waals surface area contributed by atoms with Gasteiger partial charge in [-0.2, -0.15) is 0 Å². The highest BCUT2D eigenvalue weighted by Gasteiger charge is 2.32. The highest BCUT2D eigenvalue weighted by Crippen LogP contribution is 2.07. The van der Waals surface area contributed by atoms with Gasteiger partial charge in [0, 0.05) is 6.42 Å². The largest absolute Gasteiger partial charge is 0.481 e. The molecule has 34 heavy (non-hydrogen) atoms. The van der Waals surface area contributed by atoms with E-state index < -0.39 is 72.1 Å². The second kappa shape index (κ2) is 15.6. The first-order chi connectivity index (χ1) is 15.8. The number of hydrogen-bond acceptors (Lipinski definition) is 8. The molecule has 4 atom stereocenters. The molecular formula is C20H35N5O9. The molecule has 0 fully saturated rings. The number of carbonyl (C=O) groups is 6. The van der Waals surface area contributed by atoms with Crippen molar-refractivity contribution in [2.24, 2.45) is 17.4 Å². The Bertz CT molecular complexity index is 744. The van der Waals surface area contributed by atoms with E-state index in [-0.39, 0.29) is 19.3 Å². The maximum absolute atomic E-state index is 12.8. The van der Waals surface area contributed by atoms with Gasteiger partial charge < -0.3 is 42.7 Å². The third-order valence-electron chi connectivity index (χ3n) is 4.83. The molecule has 0 spiro atoms. The number of unbranched alkanes of at least 4 members (excludes halogenated alkanes) is 1. The van der Waals surface area contributed by atoms with Gasteiger partial charge in [-0.25, -0.2) is 4.79 Å². The van der Waals surface area contributed by atoms with Gasteiger partial charge in [0.1, 0.15) is 18.1 Å². The minimum atomic E-state index is -1.61. The lowest BCUT2D eigenvalue weighted by Crippen LogP contribution is -2.58. The Labute approximate surface area is 196 Å². The Kier molecular flexibility index (Phi) is 14.1. The number of carbonyl (C=O) groups excluding carboxylic acids is 3. The van der Waals surface area contributed by atoms with E-state index in [0.29, 0.717) is 19.4 Å². The Morgan fingerprint density at radius 2 is 1.35 bits per heavy atom. The van der Waals surface area contributed by atoms with Crippen LogP contribution in [0.2, 0.25) is 0 Å². The minimum absolute atomic E-state index is 0.0604. The number of hydrogen-bond donors (Lipinski definition) is 8. The Morgan fingerprint density at radius 3 is 1.82 bits per heavy atom. The summed E-state index contributed by atoms with van der Waals surface area (Å²) >= 11 is 0. The van der Waals surface area contributed by atoms with Crippen molar-refractivity contribution in [1.82, 2.24) is 16.0 Å². The van der Waals surface area contributed by atoms with Gasteiger partial charge in [0.05, 0.1) is 12.5 Å². The van der Waals surface area contributed by atoms with Crippen LogP contribution in [0.15, 0.2) is 0 Å². The quantitative estimate of drug-likeness (QED) is 0.103. The van der Waals surface area contributed by atoms with E-state index in [1.54, 1.807) is 13.8 Å². The topological polar surface area (TPSA) is 251 Å². The van der Waals surface area contributed by atoms with Gasteiger partial charge in [0.15, 0.2) is 0 Å². The minimum Gasteiger partial charge on any atom is -0.481 e. The van der Waals surface area contributed by atoms with E-state index in [0.717, 1.165) is 0 Å². The van der Waals surface area contributed by atoms with Crippen molar-refractivity contribution in [3.8, 4) is 0 Å². The van der Waals surface area contributed by atoms with Crippen LogP contribution in [0.1, 0.15) is 52.4 Å². The van der Waals surface area contributed by atoms with Crippen LogP contribution in [0, 0.1) is 5.92 Å². The number of nitrogens with two attached hydrogens (primary N) is 2. The highest BCUT2D eigenvalue weighted by molar-refractivity contribution is 5.95. The first kappa shape index (κ1) is 30.7. The summed E-state index contributed by atoms with van der Waals surface area (Å²) in [6.07, 6.45) is -0.358. The Hall–Kier alpha value is -3.26. The SMILES string of the molecule is CC(C)C(NC(=O)C(N)CCC(=O)O)C(=O)NC(CC(=O)O)C(=O)NC(CCCCN)C(=O)O. The summed E-state index contributed by atoms with van der Waals surface area (Å²) in [6, 6.07) is -5.33. The van der Waals surface area contributed by atoms with E-state index >= 15 is 0 Å². The summed E-state index contributed by atoms with van der Waals surface area (Å²) in [7, 11) is 0. The van der Waals surface area contributed by atoms with Crippen LogP contribution in [0.5, 0.6) is 0 Å². The standard InChI is InChI=1S/C20H35N5O9/c1-10(2)16(25-17(30)11(22)6-7-14(26)27)19(32)24-13(9-15(28)29)18(31)23-12(20(33)34)5-3-4-8-21/h10-13,16H,3-9,21-22H2,1-2H3,(H,23,31)(H,24,32)(H,25,30)(H,26,27)(H,28,29)(H,33,34). The maximum atomic E-state index is 12.8. The first-order valence-electron chi connectivity index (χ1n) is 10.8. The van der Waals surface area contributed by atoms with Gasteiger partial charge in [-0.05, 0) is 38.1 Å². The van der Waals surface area contributed by atoms with Crippen molar-refractivity contribution in [2.75, 3.05) is 6.54 Å². The molecule has 4 unspecified atom stereocenters. The van der Waals surface area contributed by atoms with Crippen LogP contribution >= 0.6 is 0 Å². The van der Waals surface area contributed by atoms with Crippen LogP contribution in [0.25, 0.3) is 0 Å². The average molecular weight is 490 g/mol. The Morgan fingerprint density at radius 1 is 0.765 bits per heavy atom. The molecule has 0 heterocycles. The van der Waals surface area contributed by atoms with E-state index in [2.05, 4.69) is 16.0 Å². The van der Waals surface area contributed by atoms with Gasteiger partial charge in [-0.1, -0.05) is 13.8 Å². The zero-order valence-corrected chi connectivity index (χ0v) is 19.3. The molecule has 14 heteroatoms. The molecule has 0 aromatic carbocycles.